The first-order valence-electron chi connectivity index (χ1n) is 11.6. The lowest BCUT2D eigenvalue weighted by Gasteiger charge is -2.14. The van der Waals surface area contributed by atoms with Crippen LogP contribution in [0.25, 0.3) is 21.7 Å². The van der Waals surface area contributed by atoms with Gasteiger partial charge in [-0.3, -0.25) is 9.59 Å². The van der Waals surface area contributed by atoms with Crippen molar-refractivity contribution in [2.24, 2.45) is 0 Å². The van der Waals surface area contributed by atoms with Crippen LogP contribution in [0, 0.1) is 0 Å². The highest BCUT2D eigenvalue weighted by Gasteiger charge is 2.18. The lowest BCUT2D eigenvalue weighted by atomic mass is 9.98. The van der Waals surface area contributed by atoms with Gasteiger partial charge in [0.05, 0.1) is 10.8 Å². The Morgan fingerprint density at radius 2 is 1.54 bits per heavy atom. The number of benzene rings is 4. The Morgan fingerprint density at radius 1 is 0.811 bits per heavy atom. The number of carboxylic acids is 1. The van der Waals surface area contributed by atoms with Crippen LogP contribution in [0.3, 0.4) is 0 Å². The van der Waals surface area contributed by atoms with Crippen molar-refractivity contribution in [2.75, 3.05) is 10.6 Å². The highest BCUT2D eigenvalue weighted by atomic mass is 32.2. The summed E-state index contributed by atoms with van der Waals surface area (Å²) in [6.07, 6.45) is 1.85. The van der Waals surface area contributed by atoms with Crippen LogP contribution >= 0.6 is 11.8 Å². The standard InChI is InChI=1S/C29H23N3O4S/c1-17(27(33)31-21-12-11-18-13-14-30-25(18)16-21)37-22-8-4-7-20(15-22)32-28(34)23-9-2-5-19-6-3-10-24(26(19)23)29(35)36/h2-17,30H,1H3,(H,31,33)(H,32,34)(H,35,36). The molecule has 0 bridgehead atoms. The number of aromatic nitrogens is 1. The van der Waals surface area contributed by atoms with Crippen LogP contribution in [-0.2, 0) is 4.79 Å². The van der Waals surface area contributed by atoms with Gasteiger partial charge in [-0.1, -0.05) is 36.4 Å². The number of amides is 2. The Balaban J connectivity index is 1.30. The van der Waals surface area contributed by atoms with Crippen LogP contribution in [0.2, 0.25) is 0 Å². The second-order valence-corrected chi connectivity index (χ2v) is 9.94. The van der Waals surface area contributed by atoms with Crippen molar-refractivity contribution in [1.29, 1.82) is 0 Å². The molecule has 0 aliphatic carbocycles. The first kappa shape index (κ1) is 24.1. The first-order valence-corrected chi connectivity index (χ1v) is 12.5. The normalized spacial score (nSPS) is 11.8. The number of aromatic carboxylic acids is 1. The molecule has 37 heavy (non-hydrogen) atoms. The van der Waals surface area contributed by atoms with E-state index in [9.17, 15) is 19.5 Å². The fraction of sp³-hybridized carbons (Fsp3) is 0.0690. The fourth-order valence-electron chi connectivity index (χ4n) is 4.18. The lowest BCUT2D eigenvalue weighted by molar-refractivity contribution is -0.115. The molecule has 2 amide bonds. The molecule has 8 heteroatoms. The third-order valence-electron chi connectivity index (χ3n) is 5.98. The molecule has 5 rings (SSSR count). The summed E-state index contributed by atoms with van der Waals surface area (Å²) >= 11 is 1.37. The van der Waals surface area contributed by atoms with E-state index in [-0.39, 0.29) is 22.3 Å². The molecule has 1 atom stereocenters. The van der Waals surface area contributed by atoms with E-state index in [1.807, 2.05) is 43.5 Å². The molecule has 0 spiro atoms. The van der Waals surface area contributed by atoms with E-state index in [0.29, 0.717) is 22.1 Å². The number of H-pyrrole nitrogens is 1. The maximum atomic E-state index is 13.1. The zero-order valence-corrected chi connectivity index (χ0v) is 20.6. The highest BCUT2D eigenvalue weighted by Crippen LogP contribution is 2.28. The molecule has 0 aliphatic rings. The molecule has 7 nitrogen and oxygen atoms in total. The third kappa shape index (κ3) is 5.19. The molecule has 0 saturated heterocycles. The summed E-state index contributed by atoms with van der Waals surface area (Å²) in [7, 11) is 0. The molecule has 5 aromatic rings. The second kappa shape index (κ2) is 10.2. The monoisotopic (exact) mass is 509 g/mol. The van der Waals surface area contributed by atoms with Crippen molar-refractivity contribution in [3.8, 4) is 0 Å². The number of carbonyl (C=O) groups excluding carboxylic acids is 2. The van der Waals surface area contributed by atoms with Gasteiger partial charge in [-0.05, 0) is 66.2 Å². The van der Waals surface area contributed by atoms with Crippen molar-refractivity contribution in [2.45, 2.75) is 17.1 Å². The summed E-state index contributed by atoms with van der Waals surface area (Å²) in [5.74, 6) is -1.64. The van der Waals surface area contributed by atoms with E-state index in [1.165, 1.54) is 17.8 Å². The van der Waals surface area contributed by atoms with Crippen molar-refractivity contribution in [3.63, 3.8) is 0 Å². The second-order valence-electron chi connectivity index (χ2n) is 8.53. The fourth-order valence-corrected chi connectivity index (χ4v) is 5.11. The van der Waals surface area contributed by atoms with Gasteiger partial charge >= 0.3 is 5.97 Å². The molecule has 0 aliphatic heterocycles. The topological polar surface area (TPSA) is 111 Å². The molecular formula is C29H23N3O4S. The quantitative estimate of drug-likeness (QED) is 0.190. The number of rotatable bonds is 7. The van der Waals surface area contributed by atoms with E-state index >= 15 is 0 Å². The van der Waals surface area contributed by atoms with Crippen molar-refractivity contribution in [3.05, 3.63) is 102 Å². The summed E-state index contributed by atoms with van der Waals surface area (Å²) in [6, 6.07) is 24.9. The summed E-state index contributed by atoms with van der Waals surface area (Å²) in [6.45, 7) is 1.82. The maximum Gasteiger partial charge on any atom is 0.336 e. The smallest absolute Gasteiger partial charge is 0.336 e. The van der Waals surface area contributed by atoms with Gasteiger partial charge in [0.1, 0.15) is 0 Å². The Bertz CT molecular complexity index is 1650. The molecule has 1 aromatic heterocycles. The Kier molecular flexibility index (Phi) is 6.66. The third-order valence-corrected chi connectivity index (χ3v) is 7.07. The Hall–Kier alpha value is -4.56. The number of nitrogens with one attached hydrogen (secondary N) is 3. The summed E-state index contributed by atoms with van der Waals surface area (Å²) in [4.78, 5) is 41.6. The van der Waals surface area contributed by atoms with E-state index < -0.39 is 11.9 Å². The predicted molar refractivity (Wildman–Crippen MR) is 148 cm³/mol. The van der Waals surface area contributed by atoms with Gasteiger partial charge < -0.3 is 20.7 Å². The summed E-state index contributed by atoms with van der Waals surface area (Å²) in [5, 5.41) is 17.2. The largest absolute Gasteiger partial charge is 0.478 e. The number of hydrogen-bond donors (Lipinski definition) is 4. The van der Waals surface area contributed by atoms with E-state index in [4.69, 9.17) is 0 Å². The van der Waals surface area contributed by atoms with E-state index in [2.05, 4.69) is 15.6 Å². The van der Waals surface area contributed by atoms with Gasteiger partial charge in [0.15, 0.2) is 0 Å². The Labute approximate surface area is 216 Å². The molecule has 4 aromatic carbocycles. The zero-order valence-electron chi connectivity index (χ0n) is 19.8. The van der Waals surface area contributed by atoms with Crippen LogP contribution < -0.4 is 10.6 Å². The van der Waals surface area contributed by atoms with E-state index in [0.717, 1.165) is 15.8 Å². The van der Waals surface area contributed by atoms with Crippen LogP contribution in [0.1, 0.15) is 27.6 Å². The number of hydrogen-bond acceptors (Lipinski definition) is 4. The maximum absolute atomic E-state index is 13.1. The van der Waals surface area contributed by atoms with Gasteiger partial charge in [0.2, 0.25) is 5.91 Å². The van der Waals surface area contributed by atoms with Crippen molar-refractivity contribution in [1.82, 2.24) is 4.98 Å². The highest BCUT2D eigenvalue weighted by molar-refractivity contribution is 8.00. The zero-order chi connectivity index (χ0) is 25.9. The van der Waals surface area contributed by atoms with Crippen LogP contribution in [0.15, 0.2) is 96.0 Å². The van der Waals surface area contributed by atoms with Gasteiger partial charge in [-0.15, -0.1) is 11.8 Å². The SMILES string of the molecule is CC(Sc1cccc(NC(=O)c2cccc3cccc(C(=O)O)c23)c1)C(=O)Nc1ccc2cc[nH]c2c1. The molecular weight excluding hydrogens is 486 g/mol. The minimum Gasteiger partial charge on any atom is -0.478 e. The number of fused-ring (bicyclic) bond motifs is 2. The molecule has 0 saturated carbocycles. The van der Waals surface area contributed by atoms with Gasteiger partial charge in [-0.2, -0.15) is 0 Å². The lowest BCUT2D eigenvalue weighted by Crippen LogP contribution is -2.22. The van der Waals surface area contributed by atoms with Crippen molar-refractivity contribution >= 4 is 62.6 Å². The van der Waals surface area contributed by atoms with Crippen LogP contribution in [0.4, 0.5) is 11.4 Å². The minimum atomic E-state index is -1.09. The number of carbonyl (C=O) groups is 3. The van der Waals surface area contributed by atoms with Crippen LogP contribution in [0.5, 0.6) is 0 Å². The number of anilines is 2. The average Bonchev–Trinajstić information content (AvgIpc) is 3.36. The molecule has 0 fully saturated rings. The minimum absolute atomic E-state index is 0.0720. The van der Waals surface area contributed by atoms with Crippen molar-refractivity contribution < 1.29 is 19.5 Å². The van der Waals surface area contributed by atoms with E-state index in [1.54, 1.807) is 48.5 Å². The van der Waals surface area contributed by atoms with Gasteiger partial charge in [0.25, 0.3) is 5.91 Å². The van der Waals surface area contributed by atoms with Gasteiger partial charge in [0, 0.05) is 38.9 Å². The molecule has 1 heterocycles. The number of thioether (sulfide) groups is 1. The summed E-state index contributed by atoms with van der Waals surface area (Å²) in [5.41, 5.74) is 2.56. The summed E-state index contributed by atoms with van der Waals surface area (Å²) < 4.78 is 0. The predicted octanol–water partition coefficient (Wildman–Crippen LogP) is 6.39. The average molecular weight is 510 g/mol. The molecule has 184 valence electrons. The molecule has 0 radical (unpaired) electrons. The number of aromatic amines is 1. The van der Waals surface area contributed by atoms with Gasteiger partial charge in [-0.25, -0.2) is 4.79 Å². The molecule has 4 N–H and O–H groups in total. The van der Waals surface area contributed by atoms with Crippen LogP contribution in [-0.4, -0.2) is 33.1 Å². The molecule has 1 unspecified atom stereocenters. The number of carboxylic acid groups (broad SMARTS) is 1. The first-order chi connectivity index (χ1) is 17.9. The Morgan fingerprint density at radius 3 is 2.32 bits per heavy atom.